The molecule has 0 radical (unpaired) electrons. The first-order chi connectivity index (χ1) is 6.27. The first-order valence-corrected chi connectivity index (χ1v) is 4.51. The summed E-state index contributed by atoms with van der Waals surface area (Å²) in [5, 5.41) is 0. The summed E-state index contributed by atoms with van der Waals surface area (Å²) in [6.45, 7) is 1.94. The molecule has 0 fully saturated rings. The van der Waals surface area contributed by atoms with E-state index in [-0.39, 0.29) is 0 Å². The van der Waals surface area contributed by atoms with E-state index in [2.05, 4.69) is 29.5 Å². The van der Waals surface area contributed by atoms with Crippen LogP contribution in [0.25, 0.3) is 0 Å². The van der Waals surface area contributed by atoms with Gasteiger partial charge in [-0.3, -0.25) is 0 Å². The Labute approximate surface area is 83.7 Å². The van der Waals surface area contributed by atoms with Crippen LogP contribution in [0.3, 0.4) is 0 Å². The SMILES string of the molecule is COc1ncc(C#CCS)cc1C. The molecule has 0 aliphatic rings. The van der Waals surface area contributed by atoms with Gasteiger partial charge in [0, 0.05) is 17.3 Å². The highest BCUT2D eigenvalue weighted by Gasteiger charge is 1.98. The highest BCUT2D eigenvalue weighted by atomic mass is 32.1. The third-order valence-corrected chi connectivity index (χ3v) is 1.69. The number of aryl methyl sites for hydroxylation is 1. The normalized spacial score (nSPS) is 8.85. The molecule has 68 valence electrons. The van der Waals surface area contributed by atoms with Crippen molar-refractivity contribution in [2.24, 2.45) is 0 Å². The van der Waals surface area contributed by atoms with Gasteiger partial charge in [-0.05, 0) is 13.0 Å². The molecule has 0 aliphatic carbocycles. The molecule has 13 heavy (non-hydrogen) atoms. The predicted molar refractivity (Wildman–Crippen MR) is 56.3 cm³/mol. The Morgan fingerprint density at radius 2 is 2.38 bits per heavy atom. The maximum atomic E-state index is 5.03. The Balaban J connectivity index is 2.96. The number of thiol groups is 1. The van der Waals surface area contributed by atoms with Gasteiger partial charge in [0.25, 0.3) is 0 Å². The number of methoxy groups -OCH3 is 1. The van der Waals surface area contributed by atoms with Gasteiger partial charge in [0.2, 0.25) is 5.88 Å². The summed E-state index contributed by atoms with van der Waals surface area (Å²) in [4.78, 5) is 4.10. The van der Waals surface area contributed by atoms with Gasteiger partial charge in [-0.1, -0.05) is 11.8 Å². The zero-order chi connectivity index (χ0) is 9.68. The predicted octanol–water partition coefficient (Wildman–Crippen LogP) is 1.68. The Hall–Kier alpha value is -1.14. The number of nitrogens with zero attached hydrogens (tertiary/aromatic N) is 1. The Morgan fingerprint density at radius 3 is 2.92 bits per heavy atom. The third-order valence-electron chi connectivity index (χ3n) is 1.54. The minimum absolute atomic E-state index is 0.561. The quantitative estimate of drug-likeness (QED) is 0.541. The molecule has 1 rings (SSSR count). The Kier molecular flexibility index (Phi) is 3.66. The van der Waals surface area contributed by atoms with E-state index in [1.54, 1.807) is 13.3 Å². The summed E-state index contributed by atoms with van der Waals surface area (Å²) in [7, 11) is 1.61. The maximum absolute atomic E-state index is 5.03. The lowest BCUT2D eigenvalue weighted by Gasteiger charge is -2.01. The van der Waals surface area contributed by atoms with E-state index >= 15 is 0 Å². The molecule has 0 N–H and O–H groups in total. The highest BCUT2D eigenvalue weighted by molar-refractivity contribution is 7.80. The van der Waals surface area contributed by atoms with Crippen LogP contribution in [0.1, 0.15) is 11.1 Å². The maximum Gasteiger partial charge on any atom is 0.215 e. The molecule has 0 saturated heterocycles. The summed E-state index contributed by atoms with van der Waals surface area (Å²) in [5.41, 5.74) is 1.89. The molecule has 0 bridgehead atoms. The molecule has 0 aromatic carbocycles. The van der Waals surface area contributed by atoms with Gasteiger partial charge < -0.3 is 4.74 Å². The number of pyridine rings is 1. The lowest BCUT2D eigenvalue weighted by atomic mass is 10.2. The lowest BCUT2D eigenvalue weighted by molar-refractivity contribution is 0.394. The van der Waals surface area contributed by atoms with Crippen molar-refractivity contribution in [3.63, 3.8) is 0 Å². The molecule has 1 aromatic rings. The van der Waals surface area contributed by atoms with Crippen molar-refractivity contribution < 1.29 is 4.74 Å². The summed E-state index contributed by atoms with van der Waals surface area (Å²) < 4.78 is 5.03. The van der Waals surface area contributed by atoms with Crippen LogP contribution in [0, 0.1) is 18.8 Å². The molecule has 0 spiro atoms. The minimum Gasteiger partial charge on any atom is -0.481 e. The number of hydrogen-bond donors (Lipinski definition) is 1. The molecule has 3 heteroatoms. The van der Waals surface area contributed by atoms with Crippen LogP contribution in [0.15, 0.2) is 12.3 Å². The van der Waals surface area contributed by atoms with Crippen molar-refractivity contribution in [3.8, 4) is 17.7 Å². The van der Waals surface area contributed by atoms with Crippen LogP contribution >= 0.6 is 12.6 Å². The van der Waals surface area contributed by atoms with Gasteiger partial charge in [0.15, 0.2) is 0 Å². The first-order valence-electron chi connectivity index (χ1n) is 3.88. The van der Waals surface area contributed by atoms with Crippen molar-refractivity contribution in [2.45, 2.75) is 6.92 Å². The van der Waals surface area contributed by atoms with Crippen LogP contribution in [-0.2, 0) is 0 Å². The van der Waals surface area contributed by atoms with Crippen molar-refractivity contribution in [1.82, 2.24) is 4.98 Å². The third kappa shape index (κ3) is 2.67. The topological polar surface area (TPSA) is 22.1 Å². The molecular weight excluding hydrogens is 182 g/mol. The average molecular weight is 193 g/mol. The fourth-order valence-corrected chi connectivity index (χ4v) is 1.06. The smallest absolute Gasteiger partial charge is 0.215 e. The van der Waals surface area contributed by atoms with Crippen LogP contribution < -0.4 is 4.74 Å². The largest absolute Gasteiger partial charge is 0.481 e. The lowest BCUT2D eigenvalue weighted by Crippen LogP contribution is -1.91. The van der Waals surface area contributed by atoms with E-state index < -0.39 is 0 Å². The van der Waals surface area contributed by atoms with Crippen LogP contribution in [0.4, 0.5) is 0 Å². The zero-order valence-electron chi connectivity index (χ0n) is 7.66. The molecule has 0 amide bonds. The van der Waals surface area contributed by atoms with Gasteiger partial charge in [-0.2, -0.15) is 12.6 Å². The van der Waals surface area contributed by atoms with Crippen molar-refractivity contribution in [1.29, 1.82) is 0 Å². The minimum atomic E-state index is 0.561. The number of rotatable bonds is 1. The number of ether oxygens (including phenoxy) is 1. The summed E-state index contributed by atoms with van der Waals surface area (Å²) in [6, 6.07) is 1.95. The van der Waals surface area contributed by atoms with E-state index in [1.165, 1.54) is 0 Å². The zero-order valence-corrected chi connectivity index (χ0v) is 8.56. The Bertz CT molecular complexity index is 352. The fraction of sp³-hybridized carbons (Fsp3) is 0.300. The molecule has 2 nitrogen and oxygen atoms in total. The van der Waals surface area contributed by atoms with Gasteiger partial charge in [-0.15, -0.1) is 0 Å². The average Bonchev–Trinajstić information content (AvgIpc) is 2.15. The summed E-state index contributed by atoms with van der Waals surface area (Å²) in [5.74, 6) is 7.01. The standard InChI is InChI=1S/C10H11NOS/c1-8-6-9(4-3-5-13)7-11-10(8)12-2/h6-7,13H,5H2,1-2H3. The van der Waals surface area contributed by atoms with Crippen LogP contribution in [0.5, 0.6) is 5.88 Å². The number of hydrogen-bond acceptors (Lipinski definition) is 3. The molecular formula is C10H11NOS. The van der Waals surface area contributed by atoms with E-state index in [0.717, 1.165) is 11.1 Å². The van der Waals surface area contributed by atoms with Crippen LogP contribution in [0.2, 0.25) is 0 Å². The highest BCUT2D eigenvalue weighted by Crippen LogP contribution is 2.13. The second-order valence-corrected chi connectivity index (χ2v) is 2.83. The van der Waals surface area contributed by atoms with E-state index in [1.807, 2.05) is 13.0 Å². The number of aromatic nitrogens is 1. The Morgan fingerprint density at radius 1 is 1.62 bits per heavy atom. The first kappa shape index (κ1) is 9.94. The van der Waals surface area contributed by atoms with Gasteiger partial charge in [0.1, 0.15) is 0 Å². The second-order valence-electron chi connectivity index (χ2n) is 2.51. The van der Waals surface area contributed by atoms with Gasteiger partial charge in [0.05, 0.1) is 12.9 Å². The monoisotopic (exact) mass is 193 g/mol. The molecule has 0 aliphatic heterocycles. The molecule has 0 atom stereocenters. The molecule has 1 aromatic heterocycles. The second kappa shape index (κ2) is 4.78. The molecule has 0 saturated carbocycles. The van der Waals surface area contributed by atoms with E-state index in [0.29, 0.717) is 11.6 Å². The molecule has 0 unspecified atom stereocenters. The van der Waals surface area contributed by atoms with E-state index in [4.69, 9.17) is 4.74 Å². The van der Waals surface area contributed by atoms with Crippen molar-refractivity contribution in [2.75, 3.05) is 12.9 Å². The van der Waals surface area contributed by atoms with Crippen molar-refractivity contribution in [3.05, 3.63) is 23.4 Å². The van der Waals surface area contributed by atoms with Crippen LogP contribution in [-0.4, -0.2) is 17.8 Å². The summed E-state index contributed by atoms with van der Waals surface area (Å²) >= 11 is 4.00. The van der Waals surface area contributed by atoms with E-state index in [9.17, 15) is 0 Å². The fourth-order valence-electron chi connectivity index (χ4n) is 0.986. The van der Waals surface area contributed by atoms with Crippen molar-refractivity contribution >= 4 is 12.6 Å². The van der Waals surface area contributed by atoms with Gasteiger partial charge in [-0.25, -0.2) is 4.98 Å². The summed E-state index contributed by atoms with van der Waals surface area (Å²) in [6.07, 6.45) is 1.70. The van der Waals surface area contributed by atoms with Gasteiger partial charge >= 0.3 is 0 Å². The molecule has 1 heterocycles.